The monoisotopic (exact) mass is 852 g/mol. The molecule has 0 saturated carbocycles. The maximum absolute atomic E-state index is 3.61. The van der Waals surface area contributed by atoms with Gasteiger partial charge in [-0.05, 0) is 17.4 Å². The Hall–Kier alpha value is -1.48. The zero-order valence-corrected chi connectivity index (χ0v) is 34.7. The molecule has 0 aromatic heterocycles. The average molecular weight is 857 g/mol. The van der Waals surface area contributed by atoms with Gasteiger partial charge in [-0.1, -0.05) is 76.3 Å². The van der Waals surface area contributed by atoms with E-state index in [-0.39, 0.29) is 35.6 Å². The van der Waals surface area contributed by atoms with E-state index in [4.69, 9.17) is 0 Å². The quantitative estimate of drug-likeness (QED) is 0.198. The molecule has 0 N–H and O–H groups in total. The van der Waals surface area contributed by atoms with Crippen LogP contribution in [0.25, 0.3) is 11.1 Å². The van der Waals surface area contributed by atoms with E-state index < -0.39 is 0 Å². The van der Waals surface area contributed by atoms with Crippen LogP contribution in [-0.2, 0) is 54.3 Å². The Labute approximate surface area is 321 Å². The van der Waals surface area contributed by atoms with Gasteiger partial charge >= 0.3 is 141 Å². The molecule has 5 aromatic rings. The van der Waals surface area contributed by atoms with Crippen molar-refractivity contribution in [3.63, 3.8) is 0 Å². The van der Waals surface area contributed by atoms with Crippen molar-refractivity contribution in [3.05, 3.63) is 158 Å². The van der Waals surface area contributed by atoms with Crippen LogP contribution in [0.4, 0.5) is 0 Å². The normalized spacial score (nSPS) is 11.3. The molecule has 0 fully saturated rings. The molecule has 5 heteroatoms. The van der Waals surface area contributed by atoms with Gasteiger partial charge in [0.15, 0.2) is 0 Å². The van der Waals surface area contributed by atoms with Crippen molar-refractivity contribution in [2.24, 2.45) is 0 Å². The number of hydrogen-bond donors (Lipinski definition) is 0. The van der Waals surface area contributed by atoms with Crippen LogP contribution in [0.2, 0.25) is 0 Å². The van der Waals surface area contributed by atoms with Gasteiger partial charge in [0.25, 0.3) is 0 Å². The molecule has 240 valence electrons. The second-order valence-corrected chi connectivity index (χ2v) is 16.9. The summed E-state index contributed by atoms with van der Waals surface area (Å²) in [6, 6.07) is 42.0. The fourth-order valence-corrected chi connectivity index (χ4v) is 6.90. The fourth-order valence-electron chi connectivity index (χ4n) is 5.11. The molecule has 0 radical (unpaired) electrons. The van der Waals surface area contributed by atoms with E-state index in [1.165, 1.54) is 77.7 Å². The molecule has 0 amide bonds. The summed E-state index contributed by atoms with van der Waals surface area (Å²) in [6.45, 7) is 13.6. The largest absolute Gasteiger partial charge is 1.00 e. The molecular formula is C41H42Br2Cl2Zr-2. The Balaban J connectivity index is 0.000000270. The van der Waals surface area contributed by atoms with Crippen LogP contribution in [0, 0.1) is 6.07 Å². The van der Waals surface area contributed by atoms with E-state index in [1.807, 2.05) is 30.3 Å². The Kier molecular flexibility index (Phi) is 16.2. The summed E-state index contributed by atoms with van der Waals surface area (Å²) in [5, 5.41) is 0. The first-order chi connectivity index (χ1) is 20.8. The number of benzene rings is 4. The predicted molar refractivity (Wildman–Crippen MR) is 194 cm³/mol. The number of halogens is 4. The van der Waals surface area contributed by atoms with E-state index in [0.717, 1.165) is 19.3 Å². The van der Waals surface area contributed by atoms with Gasteiger partial charge in [-0.15, -0.1) is 5.56 Å². The molecule has 0 heterocycles. The first-order valence-corrected chi connectivity index (χ1v) is 18.0. The molecule has 6 rings (SSSR count). The van der Waals surface area contributed by atoms with Gasteiger partial charge in [-0.25, -0.2) is 12.1 Å². The Morgan fingerprint density at radius 2 is 1.20 bits per heavy atom. The summed E-state index contributed by atoms with van der Waals surface area (Å²) in [4.78, 5) is 0. The SMILES string of the molecule is Brc1ccccc1C[C](=[Zr+2])Cc1ccccc1Br.CC(C)(C)c1c[c-]c2c(c1)-c1cc(C(C)(C)C)ccc1C2.[Cl-].[Cl-].c1cc[cH-]c1. The van der Waals surface area contributed by atoms with Gasteiger partial charge in [0, 0.05) is 0 Å². The van der Waals surface area contributed by atoms with Crippen molar-refractivity contribution in [3.8, 4) is 11.1 Å². The van der Waals surface area contributed by atoms with Gasteiger partial charge in [0.2, 0.25) is 0 Å². The van der Waals surface area contributed by atoms with Crippen molar-refractivity contribution >= 4 is 35.1 Å². The Morgan fingerprint density at radius 3 is 1.65 bits per heavy atom. The Bertz CT molecular complexity index is 1560. The second kappa shape index (κ2) is 18.3. The van der Waals surface area contributed by atoms with Crippen LogP contribution in [0.3, 0.4) is 0 Å². The van der Waals surface area contributed by atoms with Crippen molar-refractivity contribution in [2.45, 2.75) is 71.6 Å². The zero-order valence-electron chi connectivity index (χ0n) is 27.5. The molecule has 0 unspecified atom stereocenters. The van der Waals surface area contributed by atoms with Gasteiger partial charge in [0.05, 0.1) is 0 Å². The minimum Gasteiger partial charge on any atom is -1.00 e. The fraction of sp³-hybridized carbons (Fsp3) is 0.268. The van der Waals surface area contributed by atoms with Gasteiger partial charge < -0.3 is 24.8 Å². The molecule has 46 heavy (non-hydrogen) atoms. The minimum atomic E-state index is 0. The summed E-state index contributed by atoms with van der Waals surface area (Å²) in [5.74, 6) is 0. The van der Waals surface area contributed by atoms with E-state index in [2.05, 4.69) is 158 Å². The molecule has 0 aliphatic heterocycles. The van der Waals surface area contributed by atoms with Crippen molar-refractivity contribution in [1.82, 2.24) is 0 Å². The van der Waals surface area contributed by atoms with E-state index in [0.29, 0.717) is 0 Å². The van der Waals surface area contributed by atoms with E-state index in [1.54, 1.807) is 3.21 Å². The maximum atomic E-state index is 3.61. The molecule has 0 bridgehead atoms. The van der Waals surface area contributed by atoms with Crippen LogP contribution >= 0.6 is 31.9 Å². The van der Waals surface area contributed by atoms with Crippen molar-refractivity contribution in [2.75, 3.05) is 0 Å². The van der Waals surface area contributed by atoms with Crippen molar-refractivity contribution in [1.29, 1.82) is 0 Å². The van der Waals surface area contributed by atoms with Gasteiger partial charge in [0.1, 0.15) is 0 Å². The summed E-state index contributed by atoms with van der Waals surface area (Å²) in [7, 11) is 0. The third-order valence-corrected chi connectivity index (χ3v) is 10.2. The third kappa shape index (κ3) is 11.6. The van der Waals surface area contributed by atoms with Crippen LogP contribution in [0.1, 0.15) is 74.9 Å². The second-order valence-electron chi connectivity index (χ2n) is 13.4. The van der Waals surface area contributed by atoms with Crippen LogP contribution < -0.4 is 24.8 Å². The van der Waals surface area contributed by atoms with Crippen LogP contribution in [0.15, 0.2) is 118 Å². The van der Waals surface area contributed by atoms with E-state index in [9.17, 15) is 0 Å². The molecule has 1 aliphatic carbocycles. The summed E-state index contributed by atoms with van der Waals surface area (Å²) >= 11 is 8.74. The molecule has 0 atom stereocenters. The molecule has 0 spiro atoms. The topological polar surface area (TPSA) is 0 Å². The summed E-state index contributed by atoms with van der Waals surface area (Å²) in [6.07, 6.45) is 3.14. The van der Waals surface area contributed by atoms with Gasteiger partial charge in [-0.2, -0.15) is 47.5 Å². The van der Waals surface area contributed by atoms with Crippen molar-refractivity contribution < 1.29 is 49.0 Å². The number of rotatable bonds is 4. The molecule has 5 aromatic carbocycles. The average Bonchev–Trinajstić information content (AvgIpc) is 3.66. The van der Waals surface area contributed by atoms with Crippen LogP contribution in [0.5, 0.6) is 0 Å². The standard InChI is InChI=1S/C21H25.C15H12Br2.C5H5.2ClH.Zr/c1-20(2,3)16-9-7-14-11-15-8-10-17(21(4,5)6)13-19(15)18(14)12-16;16-14-10-3-1-6-12(14)8-5-9-13-7-2-4-11-15(13)17;1-2-4-5-3-1;;;/h7,9-10,12-13H,11H2,1-6H3;1-4,6-7,10-11H,8-9H2;1-5H;2*1H;/q-1;;-1;;;+2/p-2. The smallest absolute Gasteiger partial charge is 0.0132 e. The third-order valence-electron chi connectivity index (χ3n) is 7.81. The number of hydrogen-bond acceptors (Lipinski definition) is 0. The van der Waals surface area contributed by atoms with Gasteiger partial charge in [-0.3, -0.25) is 0 Å². The molecule has 1 aliphatic rings. The zero-order chi connectivity index (χ0) is 31.9. The van der Waals surface area contributed by atoms with E-state index >= 15 is 0 Å². The molecule has 0 saturated heterocycles. The first kappa shape index (κ1) is 40.7. The summed E-state index contributed by atoms with van der Waals surface area (Å²) in [5.41, 5.74) is 11.5. The maximum Gasteiger partial charge on any atom is -0.0132 e. The molecule has 0 nitrogen and oxygen atoms in total. The van der Waals surface area contributed by atoms with Crippen LogP contribution in [-0.4, -0.2) is 3.21 Å². The predicted octanol–water partition coefficient (Wildman–Crippen LogP) is 5.78. The minimum absolute atomic E-state index is 0. The Morgan fingerprint density at radius 1 is 0.696 bits per heavy atom. The number of fused-ring (bicyclic) bond motifs is 3. The molecular weight excluding hydrogens is 814 g/mol. The first-order valence-electron chi connectivity index (χ1n) is 15.2. The summed E-state index contributed by atoms with van der Waals surface area (Å²) < 4.78 is 3.97.